The topological polar surface area (TPSA) is 0 Å². The SMILES string of the molecule is [Bi+3].[Cl-].[Cl-].[Cl-].[Cl-].[Cl-].[Mg+2]. The van der Waals surface area contributed by atoms with Crippen molar-refractivity contribution in [1.29, 1.82) is 0 Å². The van der Waals surface area contributed by atoms with Crippen LogP contribution < -0.4 is 62.0 Å². The van der Waals surface area contributed by atoms with Gasteiger partial charge in [-0.2, -0.15) is 0 Å². The van der Waals surface area contributed by atoms with Crippen molar-refractivity contribution in [1.82, 2.24) is 0 Å². The van der Waals surface area contributed by atoms with E-state index in [9.17, 15) is 0 Å². The van der Waals surface area contributed by atoms with Gasteiger partial charge in [-0.3, -0.25) is 0 Å². The molecule has 7 heteroatoms. The van der Waals surface area contributed by atoms with Crippen LogP contribution in [-0.4, -0.2) is 49.3 Å². The number of rotatable bonds is 0. The molecule has 0 heterocycles. The van der Waals surface area contributed by atoms with Gasteiger partial charge < -0.3 is 62.0 Å². The van der Waals surface area contributed by atoms with Crippen molar-refractivity contribution in [2.75, 3.05) is 0 Å². The van der Waals surface area contributed by atoms with Crippen molar-refractivity contribution >= 4 is 49.3 Å². The zero-order chi connectivity index (χ0) is 0. The fourth-order valence-corrected chi connectivity index (χ4v) is 0. The third-order valence-electron chi connectivity index (χ3n) is 0. The van der Waals surface area contributed by atoms with Gasteiger partial charge in [0.25, 0.3) is 0 Å². The Morgan fingerprint density at radius 3 is 0.429 bits per heavy atom. The van der Waals surface area contributed by atoms with E-state index in [4.69, 9.17) is 0 Å². The zero-order valence-electron chi connectivity index (χ0n) is 3.04. The van der Waals surface area contributed by atoms with Crippen molar-refractivity contribution in [3.8, 4) is 0 Å². The Hall–Kier alpha value is 3.10. The molecule has 2 radical (unpaired) electrons. The van der Waals surface area contributed by atoms with Crippen LogP contribution in [0.25, 0.3) is 0 Å². The molecule has 0 nitrogen and oxygen atoms in total. The maximum Gasteiger partial charge on any atom is 3.00 e. The quantitative estimate of drug-likeness (QED) is 0.348. The van der Waals surface area contributed by atoms with E-state index >= 15 is 0 Å². The molecular weight excluding hydrogens is 411 g/mol. The van der Waals surface area contributed by atoms with Gasteiger partial charge in [0, 0.05) is 0 Å². The number of halogens is 5. The van der Waals surface area contributed by atoms with Crippen LogP contribution in [0.15, 0.2) is 0 Å². The Bertz CT molecular complexity index is 8.04. The van der Waals surface area contributed by atoms with Crippen LogP contribution in [0, 0.1) is 0 Å². The summed E-state index contributed by atoms with van der Waals surface area (Å²) < 4.78 is 0. The van der Waals surface area contributed by atoms with E-state index in [-0.39, 0.29) is 111 Å². The monoisotopic (exact) mass is 408 g/mol. The van der Waals surface area contributed by atoms with Gasteiger partial charge in [-0.1, -0.05) is 0 Å². The second kappa shape index (κ2) is 62.1. The average molecular weight is 411 g/mol. The Morgan fingerprint density at radius 1 is 0.429 bits per heavy atom. The summed E-state index contributed by atoms with van der Waals surface area (Å²) in [6.45, 7) is 0. The first-order valence-corrected chi connectivity index (χ1v) is 0. The van der Waals surface area contributed by atoms with E-state index < -0.39 is 0 Å². The van der Waals surface area contributed by atoms with Gasteiger partial charge in [0.05, 0.1) is 0 Å². The molecular formula is BiCl5Mg. The molecule has 0 aromatic carbocycles. The van der Waals surface area contributed by atoms with Gasteiger partial charge >= 0.3 is 49.3 Å². The normalized spacial score (nSPS) is 0. The fraction of sp³-hybridized carbons (Fsp3) is 0. The van der Waals surface area contributed by atoms with Gasteiger partial charge in [0.2, 0.25) is 0 Å². The Balaban J connectivity index is 0. The fourth-order valence-electron chi connectivity index (χ4n) is 0. The molecule has 0 spiro atoms. The van der Waals surface area contributed by atoms with Crippen LogP contribution in [0.4, 0.5) is 0 Å². The van der Waals surface area contributed by atoms with Crippen molar-refractivity contribution < 1.29 is 62.0 Å². The summed E-state index contributed by atoms with van der Waals surface area (Å²) in [5.41, 5.74) is 0. The van der Waals surface area contributed by atoms with E-state index in [1.165, 1.54) is 0 Å². The van der Waals surface area contributed by atoms with Gasteiger partial charge in [0.1, 0.15) is 0 Å². The predicted octanol–water partition coefficient (Wildman–Crippen LogP) is -15.7. The second-order valence-corrected chi connectivity index (χ2v) is 0. The molecule has 0 unspecified atom stereocenters. The molecule has 0 aliphatic rings. The number of hydrogen-bond acceptors (Lipinski definition) is 0. The molecule has 0 aliphatic heterocycles. The molecule has 0 aliphatic carbocycles. The molecule has 0 N–H and O–H groups in total. The van der Waals surface area contributed by atoms with Gasteiger partial charge in [-0.15, -0.1) is 0 Å². The molecule has 0 saturated heterocycles. The summed E-state index contributed by atoms with van der Waals surface area (Å²) in [5.74, 6) is 0. The minimum atomic E-state index is 0. The van der Waals surface area contributed by atoms with E-state index in [0.29, 0.717) is 0 Å². The van der Waals surface area contributed by atoms with E-state index in [2.05, 4.69) is 0 Å². The molecule has 0 amide bonds. The van der Waals surface area contributed by atoms with Gasteiger partial charge in [-0.25, -0.2) is 0 Å². The second-order valence-electron chi connectivity index (χ2n) is 0. The van der Waals surface area contributed by atoms with Crippen molar-refractivity contribution in [3.63, 3.8) is 0 Å². The standard InChI is InChI=1S/Bi.5ClH.Mg/h;5*1H;/q+3;;;;;;+2/p-5. The molecule has 0 rings (SSSR count). The Labute approximate surface area is 110 Å². The molecule has 7 heavy (non-hydrogen) atoms. The molecule has 0 fully saturated rings. The van der Waals surface area contributed by atoms with Gasteiger partial charge in [0.15, 0.2) is 0 Å². The third kappa shape index (κ3) is 47.7. The summed E-state index contributed by atoms with van der Waals surface area (Å²) in [6, 6.07) is 0. The van der Waals surface area contributed by atoms with Crippen molar-refractivity contribution in [2.24, 2.45) is 0 Å². The minimum absolute atomic E-state index is 0. The van der Waals surface area contributed by atoms with Crippen molar-refractivity contribution in [2.45, 2.75) is 0 Å². The summed E-state index contributed by atoms with van der Waals surface area (Å²) >= 11 is 0. The maximum atomic E-state index is 0. The largest absolute Gasteiger partial charge is 3.00 e. The van der Waals surface area contributed by atoms with E-state index in [0.717, 1.165) is 0 Å². The van der Waals surface area contributed by atoms with Crippen molar-refractivity contribution in [3.05, 3.63) is 0 Å². The average Bonchev–Trinajstić information content (AvgIpc) is 0. The molecule has 42 valence electrons. The zero-order valence-corrected chi connectivity index (χ0v) is 11.7. The molecule has 0 bridgehead atoms. The van der Waals surface area contributed by atoms with E-state index in [1.54, 1.807) is 0 Å². The smallest absolute Gasteiger partial charge is 1.00 e. The summed E-state index contributed by atoms with van der Waals surface area (Å²) in [4.78, 5) is 0. The first kappa shape index (κ1) is 87.1. The van der Waals surface area contributed by atoms with Crippen LogP contribution in [0.1, 0.15) is 0 Å². The molecule has 0 saturated carbocycles. The Kier molecular flexibility index (Phi) is 773. The minimum Gasteiger partial charge on any atom is -1.00 e. The number of hydrogen-bond donors (Lipinski definition) is 0. The third-order valence-corrected chi connectivity index (χ3v) is 0. The molecule has 0 aromatic rings. The van der Waals surface area contributed by atoms with Crippen LogP contribution in [0.2, 0.25) is 0 Å². The molecule has 0 aromatic heterocycles. The van der Waals surface area contributed by atoms with Crippen LogP contribution in [-0.2, 0) is 0 Å². The first-order valence-electron chi connectivity index (χ1n) is 0. The van der Waals surface area contributed by atoms with Crippen LogP contribution in [0.5, 0.6) is 0 Å². The van der Waals surface area contributed by atoms with E-state index in [1.807, 2.05) is 0 Å². The summed E-state index contributed by atoms with van der Waals surface area (Å²) in [5, 5.41) is 0. The molecule has 0 atom stereocenters. The maximum absolute atomic E-state index is 0. The summed E-state index contributed by atoms with van der Waals surface area (Å²) in [7, 11) is 0. The Morgan fingerprint density at radius 2 is 0.429 bits per heavy atom. The van der Waals surface area contributed by atoms with Crippen LogP contribution in [0.3, 0.4) is 0 Å². The summed E-state index contributed by atoms with van der Waals surface area (Å²) in [6.07, 6.45) is 0. The van der Waals surface area contributed by atoms with Gasteiger partial charge in [-0.05, 0) is 0 Å². The predicted molar refractivity (Wildman–Crippen MR) is 11.5 cm³/mol. The van der Waals surface area contributed by atoms with Crippen LogP contribution >= 0.6 is 0 Å². The first-order chi connectivity index (χ1) is 0.